The molecule has 0 radical (unpaired) electrons. The van der Waals surface area contributed by atoms with E-state index in [9.17, 15) is 0 Å². The van der Waals surface area contributed by atoms with Gasteiger partial charge >= 0.3 is 0 Å². The van der Waals surface area contributed by atoms with Gasteiger partial charge in [-0.25, -0.2) is 0 Å². The van der Waals surface area contributed by atoms with E-state index in [2.05, 4.69) is 37.2 Å². The Balaban J connectivity index is 1.59. The summed E-state index contributed by atoms with van der Waals surface area (Å²) < 4.78 is 5.16. The molecule has 7 nitrogen and oxygen atoms in total. The van der Waals surface area contributed by atoms with Crippen molar-refractivity contribution in [3.63, 3.8) is 0 Å². The summed E-state index contributed by atoms with van der Waals surface area (Å²) in [5.41, 5.74) is 0. The molecule has 0 saturated carbocycles. The van der Waals surface area contributed by atoms with Crippen molar-refractivity contribution in [1.29, 1.82) is 0 Å². The molecule has 7 heteroatoms. The summed E-state index contributed by atoms with van der Waals surface area (Å²) in [5.74, 6) is 2.42. The molecule has 1 saturated heterocycles. The van der Waals surface area contributed by atoms with E-state index in [-0.39, 0.29) is 0 Å². The number of likely N-dealkylation sites (N-methyl/N-ethyl adjacent to an activating group) is 1. The second kappa shape index (κ2) is 6.83. The van der Waals surface area contributed by atoms with Crippen LogP contribution in [0.4, 0.5) is 5.82 Å². The van der Waals surface area contributed by atoms with Crippen LogP contribution in [0.1, 0.15) is 31.5 Å². The molecule has 3 rings (SSSR count). The molecule has 22 heavy (non-hydrogen) atoms. The lowest BCUT2D eigenvalue weighted by Crippen LogP contribution is -2.39. The maximum Gasteiger partial charge on any atom is 0.226 e. The van der Waals surface area contributed by atoms with Gasteiger partial charge in [-0.1, -0.05) is 12.1 Å². The lowest BCUT2D eigenvalue weighted by molar-refractivity contribution is 0.288. The van der Waals surface area contributed by atoms with E-state index in [4.69, 9.17) is 4.52 Å². The number of hydrogen-bond acceptors (Lipinski definition) is 7. The van der Waals surface area contributed by atoms with Crippen molar-refractivity contribution in [2.24, 2.45) is 0 Å². The Hall–Kier alpha value is -2.02. The highest BCUT2D eigenvalue weighted by Crippen LogP contribution is 2.23. The van der Waals surface area contributed by atoms with E-state index in [0.717, 1.165) is 31.2 Å². The fraction of sp³-hybridized carbons (Fsp3) is 0.600. The summed E-state index contributed by atoms with van der Waals surface area (Å²) in [6.45, 7) is 4.71. The first kappa shape index (κ1) is 14.9. The lowest BCUT2D eigenvalue weighted by Gasteiger charge is -2.28. The Bertz CT molecular complexity index is 587. The first-order valence-electron chi connectivity index (χ1n) is 7.80. The number of rotatable bonds is 6. The molecule has 0 aromatic carbocycles. The number of anilines is 1. The highest BCUT2D eigenvalue weighted by atomic mass is 16.5. The summed E-state index contributed by atoms with van der Waals surface area (Å²) in [6.07, 6.45) is 4.85. The molecule has 2 aromatic heterocycles. The van der Waals surface area contributed by atoms with E-state index in [1.807, 2.05) is 19.1 Å². The zero-order valence-electron chi connectivity index (χ0n) is 13.1. The number of aromatic nitrogens is 4. The third-order valence-corrected chi connectivity index (χ3v) is 3.98. The summed E-state index contributed by atoms with van der Waals surface area (Å²) in [4.78, 5) is 8.95. The second-order valence-electron chi connectivity index (χ2n) is 5.73. The van der Waals surface area contributed by atoms with Crippen LogP contribution in [0.3, 0.4) is 0 Å². The number of nitrogens with zero attached hydrogens (tertiary/aromatic N) is 6. The minimum Gasteiger partial charge on any atom is -0.351 e. The van der Waals surface area contributed by atoms with Crippen molar-refractivity contribution in [3.05, 3.63) is 30.0 Å². The maximum atomic E-state index is 5.16. The Kier molecular flexibility index (Phi) is 4.62. The van der Waals surface area contributed by atoms with Gasteiger partial charge in [-0.05, 0) is 32.0 Å². The van der Waals surface area contributed by atoms with Gasteiger partial charge in [0.15, 0.2) is 11.6 Å². The molecule has 1 aliphatic heterocycles. The zero-order chi connectivity index (χ0) is 15.4. The largest absolute Gasteiger partial charge is 0.351 e. The molecule has 0 N–H and O–H groups in total. The molecule has 118 valence electrons. The number of hydrogen-bond donors (Lipinski definition) is 0. The fourth-order valence-electron chi connectivity index (χ4n) is 2.94. The molecule has 0 amide bonds. The van der Waals surface area contributed by atoms with Gasteiger partial charge in [0.25, 0.3) is 0 Å². The van der Waals surface area contributed by atoms with Gasteiger partial charge < -0.3 is 9.42 Å². The Morgan fingerprint density at radius 3 is 3.09 bits per heavy atom. The minimum atomic E-state index is 0.458. The van der Waals surface area contributed by atoms with Gasteiger partial charge in [0.2, 0.25) is 5.89 Å². The van der Waals surface area contributed by atoms with Gasteiger partial charge in [-0.15, -0.1) is 5.10 Å². The van der Waals surface area contributed by atoms with Crippen LogP contribution >= 0.6 is 0 Å². The van der Waals surface area contributed by atoms with Crippen LogP contribution in [0.2, 0.25) is 0 Å². The third-order valence-electron chi connectivity index (χ3n) is 3.98. The summed E-state index contributed by atoms with van der Waals surface area (Å²) in [7, 11) is 2.09. The molecule has 1 atom stereocenters. The number of aryl methyl sites for hydroxylation is 1. The lowest BCUT2D eigenvalue weighted by atomic mass is 10.2. The molecule has 0 spiro atoms. The Morgan fingerprint density at radius 2 is 2.36 bits per heavy atom. The molecular weight excluding hydrogens is 280 g/mol. The van der Waals surface area contributed by atoms with E-state index in [1.54, 1.807) is 6.20 Å². The quantitative estimate of drug-likeness (QED) is 0.801. The van der Waals surface area contributed by atoms with Gasteiger partial charge in [0.05, 0.1) is 6.54 Å². The Labute approximate surface area is 130 Å². The average Bonchev–Trinajstić information content (AvgIpc) is 3.17. The van der Waals surface area contributed by atoms with Crippen LogP contribution in [0.25, 0.3) is 0 Å². The SMILES string of the molecule is CCc1nc(CN(C)CC2CCCN2c2cccnn2)no1. The van der Waals surface area contributed by atoms with E-state index in [1.165, 1.54) is 12.8 Å². The van der Waals surface area contributed by atoms with E-state index in [0.29, 0.717) is 18.5 Å². The molecule has 1 fully saturated rings. The van der Waals surface area contributed by atoms with Crippen LogP contribution in [0, 0.1) is 0 Å². The second-order valence-corrected chi connectivity index (χ2v) is 5.73. The van der Waals surface area contributed by atoms with Crippen molar-refractivity contribution in [3.8, 4) is 0 Å². The topological polar surface area (TPSA) is 71.2 Å². The smallest absolute Gasteiger partial charge is 0.226 e. The maximum absolute atomic E-state index is 5.16. The van der Waals surface area contributed by atoms with E-state index >= 15 is 0 Å². The fourth-order valence-corrected chi connectivity index (χ4v) is 2.94. The van der Waals surface area contributed by atoms with Crippen molar-refractivity contribution in [2.45, 2.75) is 38.8 Å². The van der Waals surface area contributed by atoms with E-state index < -0.39 is 0 Å². The van der Waals surface area contributed by atoms with Crippen LogP contribution in [0.5, 0.6) is 0 Å². The standard InChI is InChI=1S/C15H22N6O/c1-3-15-17-13(19-22-15)11-20(2)10-12-6-5-9-21(12)14-7-4-8-16-18-14/h4,7-8,12H,3,5-6,9-11H2,1-2H3. The molecule has 3 heterocycles. The van der Waals surface area contributed by atoms with Crippen LogP contribution in [-0.4, -0.2) is 51.4 Å². The molecule has 0 bridgehead atoms. The first-order chi connectivity index (χ1) is 10.8. The Morgan fingerprint density at radius 1 is 1.45 bits per heavy atom. The predicted octanol–water partition coefficient (Wildman–Crippen LogP) is 1.52. The van der Waals surface area contributed by atoms with Gasteiger partial charge in [-0.2, -0.15) is 10.1 Å². The molecule has 1 unspecified atom stereocenters. The van der Waals surface area contributed by atoms with Gasteiger partial charge in [0, 0.05) is 31.7 Å². The van der Waals surface area contributed by atoms with Crippen molar-refractivity contribution in [2.75, 3.05) is 25.0 Å². The molecular formula is C15H22N6O. The summed E-state index contributed by atoms with van der Waals surface area (Å²) in [5, 5.41) is 12.2. The normalized spacial score (nSPS) is 18.3. The minimum absolute atomic E-state index is 0.458. The predicted molar refractivity (Wildman–Crippen MR) is 82.4 cm³/mol. The average molecular weight is 302 g/mol. The van der Waals surface area contributed by atoms with Crippen molar-refractivity contribution >= 4 is 5.82 Å². The van der Waals surface area contributed by atoms with Gasteiger partial charge in [-0.3, -0.25) is 4.90 Å². The highest BCUT2D eigenvalue weighted by molar-refractivity contribution is 5.39. The van der Waals surface area contributed by atoms with Crippen molar-refractivity contribution in [1.82, 2.24) is 25.2 Å². The molecule has 1 aliphatic rings. The summed E-state index contributed by atoms with van der Waals surface area (Å²) in [6, 6.07) is 4.42. The van der Waals surface area contributed by atoms with Crippen LogP contribution in [0.15, 0.2) is 22.9 Å². The van der Waals surface area contributed by atoms with Gasteiger partial charge in [0.1, 0.15) is 0 Å². The zero-order valence-corrected chi connectivity index (χ0v) is 13.1. The van der Waals surface area contributed by atoms with Crippen LogP contribution in [-0.2, 0) is 13.0 Å². The molecule has 0 aliphatic carbocycles. The summed E-state index contributed by atoms with van der Waals surface area (Å²) >= 11 is 0. The van der Waals surface area contributed by atoms with Crippen molar-refractivity contribution < 1.29 is 4.52 Å². The van der Waals surface area contributed by atoms with Crippen LogP contribution < -0.4 is 4.90 Å². The first-order valence-corrected chi connectivity index (χ1v) is 7.80. The third kappa shape index (κ3) is 3.41. The monoisotopic (exact) mass is 302 g/mol. The molecule has 2 aromatic rings. The highest BCUT2D eigenvalue weighted by Gasteiger charge is 2.27.